The van der Waals surface area contributed by atoms with Crippen LogP contribution in [-0.4, -0.2) is 28.9 Å². The van der Waals surface area contributed by atoms with Crippen molar-refractivity contribution >= 4 is 39.4 Å². The number of thioether (sulfide) groups is 1. The second kappa shape index (κ2) is 10.5. The van der Waals surface area contributed by atoms with Crippen LogP contribution in [0.15, 0.2) is 82.5 Å². The van der Waals surface area contributed by atoms with E-state index in [2.05, 4.69) is 5.32 Å². The van der Waals surface area contributed by atoms with E-state index >= 15 is 0 Å². The van der Waals surface area contributed by atoms with Gasteiger partial charge in [0.15, 0.2) is 5.75 Å². The number of imide groups is 1. The first kappa shape index (κ1) is 25.3. The van der Waals surface area contributed by atoms with Crippen LogP contribution < -0.4 is 20.2 Å². The van der Waals surface area contributed by atoms with Crippen molar-refractivity contribution in [1.29, 1.82) is 0 Å². The Morgan fingerprint density at radius 2 is 1.68 bits per heavy atom. The summed E-state index contributed by atoms with van der Waals surface area (Å²) in [5, 5.41) is 2.38. The lowest BCUT2D eigenvalue weighted by Crippen LogP contribution is -2.18. The molecule has 2 amide bonds. The summed E-state index contributed by atoms with van der Waals surface area (Å²) in [6, 6.07) is 20.4. The molecule has 0 atom stereocenters. The van der Waals surface area contributed by atoms with Crippen molar-refractivity contribution in [2.45, 2.75) is 6.92 Å². The molecule has 0 saturated carbocycles. The summed E-state index contributed by atoms with van der Waals surface area (Å²) in [5.74, 6) is -0.107. The van der Waals surface area contributed by atoms with Crippen LogP contribution in [-0.2, 0) is 11.8 Å². The van der Waals surface area contributed by atoms with Crippen LogP contribution in [0.25, 0.3) is 27.7 Å². The number of carbonyl (C=O) groups excluding carboxylic acids is 2. The Kier molecular flexibility index (Phi) is 7.02. The second-order valence-corrected chi connectivity index (χ2v) is 9.60. The molecule has 0 bridgehead atoms. The lowest BCUT2D eigenvalue weighted by atomic mass is 10.1. The fourth-order valence-corrected chi connectivity index (χ4v) is 5.10. The molecule has 3 aromatic carbocycles. The van der Waals surface area contributed by atoms with E-state index in [1.807, 2.05) is 23.7 Å². The van der Waals surface area contributed by atoms with Gasteiger partial charge >= 0.3 is 0 Å². The molecule has 0 unspecified atom stereocenters. The molecule has 0 aliphatic carbocycles. The minimum absolute atomic E-state index is 0.0830. The molecule has 2 heterocycles. The third-order valence-corrected chi connectivity index (χ3v) is 7.19. The normalized spacial score (nSPS) is 14.5. The molecule has 4 aromatic rings. The fraction of sp³-hybridized carbons (Fsp3) is 0.138. The number of hydrogen-bond acceptors (Lipinski definition) is 6. The highest BCUT2D eigenvalue weighted by atomic mass is 32.2. The van der Waals surface area contributed by atoms with Crippen molar-refractivity contribution in [3.05, 3.63) is 99.3 Å². The second-order valence-electron chi connectivity index (χ2n) is 8.61. The van der Waals surface area contributed by atoms with Gasteiger partial charge < -0.3 is 14.0 Å². The summed E-state index contributed by atoms with van der Waals surface area (Å²) in [6.45, 7) is 2.02. The molecule has 0 spiro atoms. The van der Waals surface area contributed by atoms with Crippen molar-refractivity contribution in [3.8, 4) is 22.8 Å². The number of para-hydroxylation sites is 1. The molecule has 1 N–H and O–H groups in total. The summed E-state index contributed by atoms with van der Waals surface area (Å²) in [4.78, 5) is 37.1. The van der Waals surface area contributed by atoms with Gasteiger partial charge in [-0.2, -0.15) is 0 Å². The van der Waals surface area contributed by atoms with Crippen molar-refractivity contribution < 1.29 is 23.5 Å². The zero-order chi connectivity index (χ0) is 26.8. The topological polar surface area (TPSA) is 86.6 Å². The third-order valence-electron chi connectivity index (χ3n) is 6.21. The predicted molar refractivity (Wildman–Crippen MR) is 146 cm³/mol. The number of allylic oxidation sites excluding steroid dienone is 1. The highest BCUT2D eigenvalue weighted by molar-refractivity contribution is 8.18. The summed E-state index contributed by atoms with van der Waals surface area (Å²) < 4.78 is 27.6. The summed E-state index contributed by atoms with van der Waals surface area (Å²) in [7, 11) is 1.81. The van der Waals surface area contributed by atoms with Crippen LogP contribution in [0.2, 0.25) is 0 Å². The predicted octanol–water partition coefficient (Wildman–Crippen LogP) is 5.52. The maximum Gasteiger partial charge on any atom is 0.290 e. The van der Waals surface area contributed by atoms with E-state index in [9.17, 15) is 18.8 Å². The Morgan fingerprint density at radius 3 is 2.39 bits per heavy atom. The lowest BCUT2D eigenvalue weighted by molar-refractivity contribution is -0.115. The number of carbonyl (C=O) groups is 2. The zero-order valence-electron chi connectivity index (χ0n) is 20.6. The number of hydrogen-bond donors (Lipinski definition) is 1. The number of aryl methyl sites for hydroxylation is 1. The quantitative estimate of drug-likeness (QED) is 0.250. The van der Waals surface area contributed by atoms with Crippen molar-refractivity contribution in [2.75, 3.05) is 13.2 Å². The zero-order valence-corrected chi connectivity index (χ0v) is 21.4. The van der Waals surface area contributed by atoms with Gasteiger partial charge in [0.25, 0.3) is 11.1 Å². The van der Waals surface area contributed by atoms with Gasteiger partial charge in [-0.05, 0) is 66.2 Å². The van der Waals surface area contributed by atoms with E-state index in [0.717, 1.165) is 17.3 Å². The molecule has 1 aliphatic heterocycles. The van der Waals surface area contributed by atoms with E-state index in [1.54, 1.807) is 55.5 Å². The van der Waals surface area contributed by atoms with E-state index in [0.29, 0.717) is 38.4 Å². The molecular weight excluding hydrogens is 507 g/mol. The van der Waals surface area contributed by atoms with Gasteiger partial charge in [0, 0.05) is 18.0 Å². The van der Waals surface area contributed by atoms with Crippen LogP contribution in [0.1, 0.15) is 12.5 Å². The minimum atomic E-state index is -0.412. The Bertz CT molecular complexity index is 1660. The number of pyridine rings is 1. The van der Waals surface area contributed by atoms with Crippen LogP contribution in [0.4, 0.5) is 9.18 Å². The van der Waals surface area contributed by atoms with Crippen molar-refractivity contribution in [2.24, 2.45) is 7.05 Å². The van der Waals surface area contributed by atoms with Gasteiger partial charge in [-0.3, -0.25) is 19.7 Å². The van der Waals surface area contributed by atoms with Crippen LogP contribution in [0.3, 0.4) is 0 Å². The average Bonchev–Trinajstić information content (AvgIpc) is 3.26. The molecule has 1 aromatic heterocycles. The lowest BCUT2D eigenvalue weighted by Gasteiger charge is -2.18. The standard InChI is InChI=1S/C29H23FN2O5S/c1-17(27-28(34)31-29(35)38-27)18-10-12-21(13-11-18)36-14-15-37-26-24(19-6-5-7-20(30)16-19)32(2)23-9-4-3-8-22(23)25(26)33/h3-13,16H,14-15H2,1-2H3,(H,31,34,35)/b27-17+. The van der Waals surface area contributed by atoms with Crippen molar-refractivity contribution in [1.82, 2.24) is 9.88 Å². The van der Waals surface area contributed by atoms with Gasteiger partial charge in [0.2, 0.25) is 5.43 Å². The fourth-order valence-electron chi connectivity index (χ4n) is 4.35. The van der Waals surface area contributed by atoms with E-state index < -0.39 is 11.7 Å². The monoisotopic (exact) mass is 530 g/mol. The number of fused-ring (bicyclic) bond motifs is 1. The SMILES string of the molecule is C/C(=C1\SC(=O)NC1=O)c1ccc(OCCOc2c(-c3cccc(F)c3)n(C)c3ccccc3c2=O)cc1. The first-order valence-corrected chi connectivity index (χ1v) is 12.6. The smallest absolute Gasteiger partial charge is 0.290 e. The third kappa shape index (κ3) is 4.92. The molecule has 0 radical (unpaired) electrons. The summed E-state index contributed by atoms with van der Waals surface area (Å²) >= 11 is 0.883. The number of nitrogens with one attached hydrogen (secondary N) is 1. The van der Waals surface area contributed by atoms with Gasteiger partial charge in [0.1, 0.15) is 24.8 Å². The van der Waals surface area contributed by atoms with Crippen LogP contribution in [0.5, 0.6) is 11.5 Å². The molecule has 1 fully saturated rings. The average molecular weight is 531 g/mol. The molecular formula is C29H23FN2O5S. The molecule has 5 rings (SSSR count). The van der Waals surface area contributed by atoms with Crippen LogP contribution >= 0.6 is 11.8 Å². The summed E-state index contributed by atoms with van der Waals surface area (Å²) in [5.41, 5.74) is 2.93. The van der Waals surface area contributed by atoms with Gasteiger partial charge in [-0.25, -0.2) is 4.39 Å². The molecule has 7 nitrogen and oxygen atoms in total. The number of aromatic nitrogens is 1. The minimum Gasteiger partial charge on any atom is -0.490 e. The highest BCUT2D eigenvalue weighted by Gasteiger charge is 2.27. The largest absolute Gasteiger partial charge is 0.490 e. The number of nitrogens with zero attached hydrogens (tertiary/aromatic N) is 1. The maximum absolute atomic E-state index is 14.0. The number of benzene rings is 3. The Balaban J connectivity index is 1.34. The number of rotatable bonds is 7. The molecule has 38 heavy (non-hydrogen) atoms. The van der Waals surface area contributed by atoms with Crippen molar-refractivity contribution in [3.63, 3.8) is 0 Å². The Morgan fingerprint density at radius 1 is 0.947 bits per heavy atom. The van der Waals surface area contributed by atoms with Gasteiger partial charge in [-0.1, -0.05) is 36.4 Å². The first-order valence-electron chi connectivity index (χ1n) is 11.8. The summed E-state index contributed by atoms with van der Waals surface area (Å²) in [6.07, 6.45) is 0. The van der Waals surface area contributed by atoms with Crippen LogP contribution in [0, 0.1) is 5.82 Å². The van der Waals surface area contributed by atoms with E-state index in [1.165, 1.54) is 12.1 Å². The molecule has 192 valence electrons. The first-order chi connectivity index (χ1) is 18.3. The number of amides is 2. The maximum atomic E-state index is 14.0. The van der Waals surface area contributed by atoms with Gasteiger partial charge in [-0.15, -0.1) is 0 Å². The van der Waals surface area contributed by atoms with E-state index in [-0.39, 0.29) is 29.6 Å². The molecule has 1 aliphatic rings. The van der Waals surface area contributed by atoms with Gasteiger partial charge in [0.05, 0.1) is 16.1 Å². The highest BCUT2D eigenvalue weighted by Crippen LogP contribution is 2.33. The molecule has 1 saturated heterocycles. The van der Waals surface area contributed by atoms with E-state index in [4.69, 9.17) is 9.47 Å². The number of ether oxygens (including phenoxy) is 2. The Labute approximate surface area is 221 Å². The molecule has 9 heteroatoms. The Hall–Kier alpha value is -4.37. The number of halogens is 1.